The minimum atomic E-state index is 0.900. The summed E-state index contributed by atoms with van der Waals surface area (Å²) in [6.45, 7) is 9.40. The van der Waals surface area contributed by atoms with E-state index < -0.39 is 0 Å². The SMILES string of the molecule is C=Cc1c[n+](Cc2ccc(C[n+]3csc(C=C)c3)cc2)cs1. The van der Waals surface area contributed by atoms with Crippen LogP contribution in [0.15, 0.2) is 60.8 Å². The van der Waals surface area contributed by atoms with Gasteiger partial charge in [-0.3, -0.25) is 0 Å². The molecule has 110 valence electrons. The van der Waals surface area contributed by atoms with Gasteiger partial charge in [-0.05, 0) is 12.2 Å². The van der Waals surface area contributed by atoms with Gasteiger partial charge in [0, 0.05) is 11.1 Å². The summed E-state index contributed by atoms with van der Waals surface area (Å²) in [5.41, 5.74) is 6.87. The largest absolute Gasteiger partial charge is 0.225 e. The normalized spacial score (nSPS) is 10.5. The van der Waals surface area contributed by atoms with E-state index in [1.807, 2.05) is 12.2 Å². The molecule has 0 aliphatic rings. The topological polar surface area (TPSA) is 7.76 Å². The Morgan fingerprint density at radius 3 is 1.50 bits per heavy atom. The van der Waals surface area contributed by atoms with Crippen molar-refractivity contribution in [3.63, 3.8) is 0 Å². The molecule has 0 radical (unpaired) electrons. The van der Waals surface area contributed by atoms with Crippen LogP contribution in [0.1, 0.15) is 20.9 Å². The second-order valence-electron chi connectivity index (χ2n) is 5.08. The van der Waals surface area contributed by atoms with Crippen LogP contribution in [0.3, 0.4) is 0 Å². The Bertz CT molecular complexity index is 714. The Kier molecular flexibility index (Phi) is 4.61. The highest BCUT2D eigenvalue weighted by Gasteiger charge is 2.08. The predicted molar refractivity (Wildman–Crippen MR) is 93.9 cm³/mol. The van der Waals surface area contributed by atoms with Crippen molar-refractivity contribution in [2.75, 3.05) is 0 Å². The second-order valence-corrected chi connectivity index (χ2v) is 6.91. The van der Waals surface area contributed by atoms with Gasteiger partial charge in [-0.1, -0.05) is 60.1 Å². The monoisotopic (exact) mass is 326 g/mol. The van der Waals surface area contributed by atoms with Gasteiger partial charge in [-0.15, -0.1) is 0 Å². The zero-order valence-corrected chi connectivity index (χ0v) is 13.9. The summed E-state index contributed by atoms with van der Waals surface area (Å²) in [7, 11) is 0. The highest BCUT2D eigenvalue weighted by Crippen LogP contribution is 2.09. The summed E-state index contributed by atoms with van der Waals surface area (Å²) in [5, 5.41) is 0. The van der Waals surface area contributed by atoms with E-state index in [0.717, 1.165) is 13.1 Å². The first-order valence-corrected chi connectivity index (χ1v) is 8.80. The third kappa shape index (κ3) is 3.59. The maximum atomic E-state index is 3.80. The fourth-order valence-electron chi connectivity index (χ4n) is 2.24. The number of benzene rings is 1. The number of nitrogens with zero attached hydrogens (tertiary/aromatic N) is 2. The van der Waals surface area contributed by atoms with E-state index >= 15 is 0 Å². The Hall–Kier alpha value is -2.04. The molecule has 2 aromatic heterocycles. The molecule has 0 bridgehead atoms. The maximum absolute atomic E-state index is 3.80. The van der Waals surface area contributed by atoms with Crippen molar-refractivity contribution in [2.45, 2.75) is 13.1 Å². The lowest BCUT2D eigenvalue weighted by atomic mass is 10.1. The molecule has 0 saturated heterocycles. The maximum Gasteiger partial charge on any atom is 0.225 e. The van der Waals surface area contributed by atoms with E-state index in [1.165, 1.54) is 20.9 Å². The van der Waals surface area contributed by atoms with E-state index in [4.69, 9.17) is 0 Å². The standard InChI is InChI=1S/C18H18N2S2/c1-3-17-11-19(13-21-17)9-15-5-7-16(8-6-15)10-20-12-18(4-2)22-14-20/h3-8,11-14H,1-2,9-10H2/q+2. The molecule has 0 N–H and O–H groups in total. The van der Waals surface area contributed by atoms with Gasteiger partial charge in [0.25, 0.3) is 0 Å². The number of rotatable bonds is 6. The van der Waals surface area contributed by atoms with Gasteiger partial charge in [-0.25, -0.2) is 0 Å². The Morgan fingerprint density at radius 2 is 1.18 bits per heavy atom. The molecular weight excluding hydrogens is 308 g/mol. The van der Waals surface area contributed by atoms with Gasteiger partial charge in [0.2, 0.25) is 11.0 Å². The lowest BCUT2D eigenvalue weighted by Crippen LogP contribution is -2.31. The van der Waals surface area contributed by atoms with Crippen LogP contribution in [0.25, 0.3) is 12.2 Å². The van der Waals surface area contributed by atoms with E-state index in [1.54, 1.807) is 22.7 Å². The van der Waals surface area contributed by atoms with Crippen molar-refractivity contribution in [3.05, 3.63) is 81.7 Å². The van der Waals surface area contributed by atoms with Gasteiger partial charge in [0.15, 0.2) is 25.5 Å². The fourth-order valence-corrected chi connectivity index (χ4v) is 3.61. The summed E-state index contributed by atoms with van der Waals surface area (Å²) >= 11 is 3.43. The zero-order chi connectivity index (χ0) is 15.4. The zero-order valence-electron chi connectivity index (χ0n) is 12.3. The van der Waals surface area contributed by atoms with Crippen LogP contribution in [0.5, 0.6) is 0 Å². The van der Waals surface area contributed by atoms with E-state index in [9.17, 15) is 0 Å². The fraction of sp³-hybridized carbons (Fsp3) is 0.111. The molecule has 4 heteroatoms. The molecule has 0 unspecified atom stereocenters. The van der Waals surface area contributed by atoms with Crippen LogP contribution in [0, 0.1) is 0 Å². The summed E-state index contributed by atoms with van der Waals surface area (Å²) in [5.74, 6) is 0. The molecule has 0 saturated carbocycles. The summed E-state index contributed by atoms with van der Waals surface area (Å²) in [6, 6.07) is 8.81. The van der Waals surface area contributed by atoms with Crippen LogP contribution in [-0.4, -0.2) is 0 Å². The average molecular weight is 326 g/mol. The quantitative estimate of drug-likeness (QED) is 0.609. The molecular formula is C18H18N2S2+2. The molecule has 0 aliphatic heterocycles. The van der Waals surface area contributed by atoms with Gasteiger partial charge in [0.05, 0.1) is 9.75 Å². The average Bonchev–Trinajstić information content (AvgIpc) is 3.18. The van der Waals surface area contributed by atoms with Gasteiger partial charge >= 0.3 is 0 Å². The first kappa shape index (κ1) is 14.9. The first-order valence-electron chi connectivity index (χ1n) is 7.04. The van der Waals surface area contributed by atoms with Crippen molar-refractivity contribution < 1.29 is 9.13 Å². The van der Waals surface area contributed by atoms with Crippen molar-refractivity contribution in [3.8, 4) is 0 Å². The smallest absolute Gasteiger partial charge is 0.190 e. The predicted octanol–water partition coefficient (Wildman–Crippen LogP) is 3.77. The van der Waals surface area contributed by atoms with E-state index in [2.05, 4.69) is 70.0 Å². The summed E-state index contributed by atoms with van der Waals surface area (Å²) in [6.07, 6.45) is 8.03. The molecule has 0 aliphatic carbocycles. The van der Waals surface area contributed by atoms with Crippen molar-refractivity contribution in [1.29, 1.82) is 0 Å². The van der Waals surface area contributed by atoms with Crippen LogP contribution >= 0.6 is 22.7 Å². The number of thiazole rings is 2. The van der Waals surface area contributed by atoms with Crippen molar-refractivity contribution in [1.82, 2.24) is 0 Å². The molecule has 0 fully saturated rings. The van der Waals surface area contributed by atoms with Crippen LogP contribution in [0.2, 0.25) is 0 Å². The number of aromatic nitrogens is 2. The van der Waals surface area contributed by atoms with E-state index in [0.29, 0.717) is 0 Å². The molecule has 0 amide bonds. The molecule has 0 spiro atoms. The van der Waals surface area contributed by atoms with Crippen molar-refractivity contribution >= 4 is 34.8 Å². The lowest BCUT2D eigenvalue weighted by molar-refractivity contribution is -0.684. The lowest BCUT2D eigenvalue weighted by Gasteiger charge is -1.98. The third-order valence-corrected chi connectivity index (χ3v) is 5.23. The molecule has 3 rings (SSSR count). The highest BCUT2D eigenvalue weighted by molar-refractivity contribution is 7.10. The molecule has 3 aromatic rings. The molecule has 2 heterocycles. The number of hydrogen-bond acceptors (Lipinski definition) is 2. The molecule has 22 heavy (non-hydrogen) atoms. The van der Waals surface area contributed by atoms with Gasteiger partial charge in [-0.2, -0.15) is 9.13 Å². The minimum absolute atomic E-state index is 0.900. The first-order chi connectivity index (χ1) is 10.8. The number of hydrogen-bond donors (Lipinski definition) is 0. The van der Waals surface area contributed by atoms with Crippen LogP contribution < -0.4 is 9.13 Å². The Balaban J connectivity index is 1.66. The molecule has 0 atom stereocenters. The van der Waals surface area contributed by atoms with Gasteiger partial charge in [0.1, 0.15) is 0 Å². The highest BCUT2D eigenvalue weighted by atomic mass is 32.1. The van der Waals surface area contributed by atoms with Crippen LogP contribution in [0.4, 0.5) is 0 Å². The third-order valence-electron chi connectivity index (χ3n) is 3.39. The Labute approximate surface area is 138 Å². The summed E-state index contributed by atoms with van der Waals surface area (Å²) < 4.78 is 4.39. The van der Waals surface area contributed by atoms with Crippen LogP contribution in [-0.2, 0) is 13.1 Å². The molecule has 2 nitrogen and oxygen atoms in total. The Morgan fingerprint density at radius 1 is 0.773 bits per heavy atom. The minimum Gasteiger partial charge on any atom is -0.190 e. The second kappa shape index (κ2) is 6.81. The van der Waals surface area contributed by atoms with E-state index in [-0.39, 0.29) is 0 Å². The van der Waals surface area contributed by atoms with Gasteiger partial charge < -0.3 is 0 Å². The molecule has 1 aromatic carbocycles. The summed E-state index contributed by atoms with van der Waals surface area (Å²) in [4.78, 5) is 2.40. The van der Waals surface area contributed by atoms with Crippen molar-refractivity contribution in [2.24, 2.45) is 0 Å².